The molecular formula is C13H18N2O3S. The number of likely N-dealkylation sites (tertiary alicyclic amines) is 1. The van der Waals surface area contributed by atoms with E-state index in [1.165, 1.54) is 0 Å². The van der Waals surface area contributed by atoms with Crippen LogP contribution in [-0.2, 0) is 9.59 Å². The van der Waals surface area contributed by atoms with Crippen molar-refractivity contribution in [2.75, 3.05) is 13.1 Å². The third kappa shape index (κ3) is 3.54. The summed E-state index contributed by atoms with van der Waals surface area (Å²) in [5, 5.41) is 13.9. The largest absolute Gasteiger partial charge is 0.480 e. The Morgan fingerprint density at radius 2 is 2.42 bits per heavy atom. The fraction of sp³-hybridized carbons (Fsp3) is 0.538. The summed E-state index contributed by atoms with van der Waals surface area (Å²) in [6.45, 7) is 2.77. The van der Waals surface area contributed by atoms with Gasteiger partial charge >= 0.3 is 5.97 Å². The number of carboxylic acid groups (broad SMARTS) is 1. The Morgan fingerprint density at radius 1 is 1.63 bits per heavy atom. The molecule has 1 fully saturated rings. The van der Waals surface area contributed by atoms with Crippen LogP contribution in [-0.4, -0.2) is 41.0 Å². The minimum atomic E-state index is -0.836. The van der Waals surface area contributed by atoms with E-state index in [9.17, 15) is 9.59 Å². The van der Waals surface area contributed by atoms with Crippen molar-refractivity contribution in [3.8, 4) is 0 Å². The summed E-state index contributed by atoms with van der Waals surface area (Å²) in [6.07, 6.45) is 1.47. The fourth-order valence-electron chi connectivity index (χ4n) is 2.38. The van der Waals surface area contributed by atoms with Crippen LogP contribution in [0.3, 0.4) is 0 Å². The number of hydrogen-bond donors (Lipinski definition) is 2. The van der Waals surface area contributed by atoms with Gasteiger partial charge in [-0.05, 0) is 37.8 Å². The van der Waals surface area contributed by atoms with Crippen molar-refractivity contribution in [3.63, 3.8) is 0 Å². The van der Waals surface area contributed by atoms with E-state index >= 15 is 0 Å². The van der Waals surface area contributed by atoms with Crippen LogP contribution in [0.2, 0.25) is 0 Å². The van der Waals surface area contributed by atoms with Crippen molar-refractivity contribution in [3.05, 3.63) is 22.4 Å². The topological polar surface area (TPSA) is 69.6 Å². The van der Waals surface area contributed by atoms with Gasteiger partial charge in [0.25, 0.3) is 0 Å². The number of carbonyl (C=O) groups is 2. The second kappa shape index (κ2) is 6.16. The monoisotopic (exact) mass is 282 g/mol. The molecule has 6 heteroatoms. The van der Waals surface area contributed by atoms with E-state index in [2.05, 4.69) is 5.32 Å². The first kappa shape index (κ1) is 14.0. The SMILES string of the molecule is C[C@@H](NC(=O)CN1CCC[C@H]1C(=O)O)c1cccs1. The van der Waals surface area contributed by atoms with Gasteiger partial charge in [-0.15, -0.1) is 11.3 Å². The predicted octanol–water partition coefficient (Wildman–Crippen LogP) is 1.47. The van der Waals surface area contributed by atoms with Crippen molar-refractivity contribution in [2.45, 2.75) is 31.8 Å². The molecule has 1 aliphatic rings. The van der Waals surface area contributed by atoms with Gasteiger partial charge < -0.3 is 10.4 Å². The van der Waals surface area contributed by atoms with Gasteiger partial charge in [0, 0.05) is 4.88 Å². The number of hydrogen-bond acceptors (Lipinski definition) is 4. The number of carboxylic acids is 1. The molecule has 1 saturated heterocycles. The van der Waals surface area contributed by atoms with Gasteiger partial charge in [0.05, 0.1) is 12.6 Å². The lowest BCUT2D eigenvalue weighted by Gasteiger charge is -2.21. The molecule has 0 aliphatic carbocycles. The van der Waals surface area contributed by atoms with Crippen molar-refractivity contribution in [2.24, 2.45) is 0 Å². The van der Waals surface area contributed by atoms with E-state index in [1.54, 1.807) is 16.2 Å². The standard InChI is InChI=1S/C13H18N2O3S/c1-9(11-5-3-7-19-11)14-12(16)8-15-6-2-4-10(15)13(17)18/h3,5,7,9-10H,2,4,6,8H2,1H3,(H,14,16)(H,17,18)/t9-,10+/m1/s1. The molecular weight excluding hydrogens is 264 g/mol. The second-order valence-corrected chi connectivity index (χ2v) is 5.75. The summed E-state index contributed by atoms with van der Waals surface area (Å²) in [7, 11) is 0. The number of amides is 1. The minimum Gasteiger partial charge on any atom is -0.480 e. The van der Waals surface area contributed by atoms with Crippen LogP contribution in [0.25, 0.3) is 0 Å². The van der Waals surface area contributed by atoms with Crippen LogP contribution in [0.4, 0.5) is 0 Å². The van der Waals surface area contributed by atoms with Crippen LogP contribution in [0, 0.1) is 0 Å². The first-order chi connectivity index (χ1) is 9.08. The number of aliphatic carboxylic acids is 1. The highest BCUT2D eigenvalue weighted by atomic mass is 32.1. The number of nitrogens with one attached hydrogen (secondary N) is 1. The summed E-state index contributed by atoms with van der Waals surface area (Å²) >= 11 is 1.60. The average molecular weight is 282 g/mol. The van der Waals surface area contributed by atoms with Gasteiger partial charge in [0.1, 0.15) is 6.04 Å². The Balaban J connectivity index is 1.86. The van der Waals surface area contributed by atoms with E-state index in [1.807, 2.05) is 24.4 Å². The van der Waals surface area contributed by atoms with E-state index in [0.717, 1.165) is 11.3 Å². The molecule has 0 bridgehead atoms. The molecule has 0 aromatic carbocycles. The lowest BCUT2D eigenvalue weighted by atomic mass is 10.2. The first-order valence-corrected chi connectivity index (χ1v) is 7.25. The molecule has 0 saturated carbocycles. The normalized spacial score (nSPS) is 21.2. The van der Waals surface area contributed by atoms with Gasteiger partial charge in [0.15, 0.2) is 0 Å². The fourth-order valence-corrected chi connectivity index (χ4v) is 3.11. The summed E-state index contributed by atoms with van der Waals surface area (Å²) < 4.78 is 0. The highest BCUT2D eigenvalue weighted by Gasteiger charge is 2.31. The summed E-state index contributed by atoms with van der Waals surface area (Å²) in [4.78, 5) is 25.8. The van der Waals surface area contributed by atoms with Crippen molar-refractivity contribution >= 4 is 23.2 Å². The smallest absolute Gasteiger partial charge is 0.320 e. The molecule has 1 aromatic heterocycles. The molecule has 1 amide bonds. The Morgan fingerprint density at radius 3 is 3.05 bits per heavy atom. The summed E-state index contributed by atoms with van der Waals surface area (Å²) in [6, 6.07) is 3.39. The zero-order valence-electron chi connectivity index (χ0n) is 10.8. The van der Waals surface area contributed by atoms with Gasteiger partial charge in [-0.1, -0.05) is 6.07 Å². The number of rotatable bonds is 5. The molecule has 2 atom stereocenters. The number of nitrogens with zero attached hydrogens (tertiary/aromatic N) is 1. The second-order valence-electron chi connectivity index (χ2n) is 4.77. The molecule has 104 valence electrons. The Kier molecular flexibility index (Phi) is 4.55. The lowest BCUT2D eigenvalue weighted by Crippen LogP contribution is -2.43. The maximum absolute atomic E-state index is 11.9. The Labute approximate surface area is 116 Å². The quantitative estimate of drug-likeness (QED) is 0.858. The Hall–Kier alpha value is -1.40. The van der Waals surface area contributed by atoms with E-state index in [4.69, 9.17) is 5.11 Å². The zero-order valence-corrected chi connectivity index (χ0v) is 11.7. The molecule has 19 heavy (non-hydrogen) atoms. The van der Waals surface area contributed by atoms with Crippen LogP contribution in [0.5, 0.6) is 0 Å². The van der Waals surface area contributed by atoms with Gasteiger partial charge in [-0.2, -0.15) is 0 Å². The molecule has 1 aliphatic heterocycles. The van der Waals surface area contributed by atoms with Crippen LogP contribution in [0.1, 0.15) is 30.7 Å². The highest BCUT2D eigenvalue weighted by molar-refractivity contribution is 7.10. The lowest BCUT2D eigenvalue weighted by molar-refractivity contribution is -0.142. The molecule has 1 aromatic rings. The molecule has 0 spiro atoms. The van der Waals surface area contributed by atoms with Crippen LogP contribution in [0.15, 0.2) is 17.5 Å². The summed E-state index contributed by atoms with van der Waals surface area (Å²) in [5.41, 5.74) is 0. The van der Waals surface area contributed by atoms with Crippen molar-refractivity contribution in [1.82, 2.24) is 10.2 Å². The Bertz CT molecular complexity index is 447. The molecule has 0 radical (unpaired) electrons. The maximum Gasteiger partial charge on any atom is 0.320 e. The predicted molar refractivity (Wildman–Crippen MR) is 73.1 cm³/mol. The van der Waals surface area contributed by atoms with E-state index in [-0.39, 0.29) is 18.5 Å². The average Bonchev–Trinajstić information content (AvgIpc) is 2.98. The van der Waals surface area contributed by atoms with Gasteiger partial charge in [-0.3, -0.25) is 14.5 Å². The molecule has 2 heterocycles. The van der Waals surface area contributed by atoms with Gasteiger partial charge in [-0.25, -0.2) is 0 Å². The number of carbonyl (C=O) groups excluding carboxylic acids is 1. The summed E-state index contributed by atoms with van der Waals surface area (Å²) in [5.74, 6) is -0.953. The molecule has 0 unspecified atom stereocenters. The molecule has 2 N–H and O–H groups in total. The minimum absolute atomic E-state index is 0.0293. The van der Waals surface area contributed by atoms with E-state index in [0.29, 0.717) is 13.0 Å². The molecule has 2 rings (SSSR count). The van der Waals surface area contributed by atoms with Gasteiger partial charge in [0.2, 0.25) is 5.91 Å². The van der Waals surface area contributed by atoms with E-state index < -0.39 is 12.0 Å². The molecule has 5 nitrogen and oxygen atoms in total. The first-order valence-electron chi connectivity index (χ1n) is 6.37. The van der Waals surface area contributed by atoms with Crippen molar-refractivity contribution < 1.29 is 14.7 Å². The highest BCUT2D eigenvalue weighted by Crippen LogP contribution is 2.19. The maximum atomic E-state index is 11.9. The zero-order chi connectivity index (χ0) is 13.8. The number of thiophene rings is 1. The third-order valence-corrected chi connectivity index (χ3v) is 4.40. The van der Waals surface area contributed by atoms with Crippen LogP contribution >= 0.6 is 11.3 Å². The third-order valence-electron chi connectivity index (χ3n) is 3.34. The van der Waals surface area contributed by atoms with Crippen molar-refractivity contribution in [1.29, 1.82) is 0 Å². The van der Waals surface area contributed by atoms with Crippen LogP contribution < -0.4 is 5.32 Å².